The molecule has 1 atom stereocenters. The van der Waals surface area contributed by atoms with Crippen molar-refractivity contribution in [3.63, 3.8) is 0 Å². The number of rotatable bonds is 10. The lowest BCUT2D eigenvalue weighted by atomic mass is 10.1. The summed E-state index contributed by atoms with van der Waals surface area (Å²) in [6.07, 6.45) is 2.37. The molecule has 0 aliphatic rings. The van der Waals surface area contributed by atoms with Gasteiger partial charge in [0.1, 0.15) is 5.76 Å². The standard InChI is InChI=1S/C24H26N2O6S/c1-3-18-9-11-19(12-10-18)17(2)26-23(27)16-32-24(28)20-6-4-8-22(14-20)33(29,30)25-15-21-7-5-13-31-21/h4-14,17,25H,3,15-16H2,1-2H3,(H,26,27). The van der Waals surface area contributed by atoms with E-state index < -0.39 is 28.5 Å². The Morgan fingerprint density at radius 3 is 2.48 bits per heavy atom. The topological polar surface area (TPSA) is 115 Å². The number of sulfonamides is 1. The van der Waals surface area contributed by atoms with Crippen LogP contribution in [0.1, 0.15) is 47.1 Å². The second-order valence-electron chi connectivity index (χ2n) is 7.39. The van der Waals surface area contributed by atoms with Crippen molar-refractivity contribution >= 4 is 21.9 Å². The summed E-state index contributed by atoms with van der Waals surface area (Å²) < 4.78 is 37.6. The van der Waals surface area contributed by atoms with Crippen molar-refractivity contribution in [2.24, 2.45) is 0 Å². The molecule has 174 valence electrons. The van der Waals surface area contributed by atoms with E-state index in [1.807, 2.05) is 31.2 Å². The molecule has 9 heteroatoms. The molecule has 0 aliphatic heterocycles. The van der Waals surface area contributed by atoms with E-state index in [1.165, 1.54) is 36.1 Å². The maximum atomic E-state index is 12.5. The lowest BCUT2D eigenvalue weighted by molar-refractivity contribution is -0.124. The van der Waals surface area contributed by atoms with E-state index in [2.05, 4.69) is 17.0 Å². The lowest BCUT2D eigenvalue weighted by Gasteiger charge is -2.15. The van der Waals surface area contributed by atoms with Gasteiger partial charge in [-0.2, -0.15) is 0 Å². The zero-order chi connectivity index (χ0) is 23.8. The Morgan fingerprint density at radius 2 is 1.82 bits per heavy atom. The first-order chi connectivity index (χ1) is 15.8. The number of hydrogen-bond acceptors (Lipinski definition) is 6. The Balaban J connectivity index is 1.54. The molecule has 0 bridgehead atoms. The van der Waals surface area contributed by atoms with Gasteiger partial charge in [-0.05, 0) is 54.8 Å². The Morgan fingerprint density at radius 1 is 1.06 bits per heavy atom. The summed E-state index contributed by atoms with van der Waals surface area (Å²) in [5, 5.41) is 2.78. The molecule has 2 aromatic carbocycles. The van der Waals surface area contributed by atoms with Gasteiger partial charge in [0.25, 0.3) is 5.91 Å². The fourth-order valence-electron chi connectivity index (χ4n) is 3.08. The van der Waals surface area contributed by atoms with Gasteiger partial charge in [0.15, 0.2) is 6.61 Å². The van der Waals surface area contributed by atoms with Gasteiger partial charge in [0, 0.05) is 0 Å². The predicted molar refractivity (Wildman–Crippen MR) is 122 cm³/mol. The fourth-order valence-corrected chi connectivity index (χ4v) is 4.11. The molecule has 1 amide bonds. The highest BCUT2D eigenvalue weighted by molar-refractivity contribution is 7.89. The molecule has 3 rings (SSSR count). The van der Waals surface area contributed by atoms with E-state index in [9.17, 15) is 18.0 Å². The van der Waals surface area contributed by atoms with Crippen molar-refractivity contribution in [2.45, 2.75) is 37.8 Å². The van der Waals surface area contributed by atoms with Gasteiger partial charge >= 0.3 is 5.97 Å². The maximum Gasteiger partial charge on any atom is 0.338 e. The van der Waals surface area contributed by atoms with Crippen LogP contribution in [0.2, 0.25) is 0 Å². The van der Waals surface area contributed by atoms with E-state index in [0.717, 1.165) is 12.0 Å². The number of aryl methyl sites for hydroxylation is 1. The molecule has 0 saturated carbocycles. The molecule has 0 saturated heterocycles. The molecule has 0 spiro atoms. The first-order valence-corrected chi connectivity index (χ1v) is 11.9. The smallest absolute Gasteiger partial charge is 0.338 e. The molecule has 2 N–H and O–H groups in total. The molecule has 1 aromatic heterocycles. The Kier molecular flexibility index (Phi) is 8.02. The summed E-state index contributed by atoms with van der Waals surface area (Å²) in [4.78, 5) is 24.5. The Labute approximate surface area is 193 Å². The average molecular weight is 471 g/mol. The van der Waals surface area contributed by atoms with Crippen LogP contribution < -0.4 is 10.0 Å². The van der Waals surface area contributed by atoms with Crippen LogP contribution in [-0.4, -0.2) is 26.9 Å². The van der Waals surface area contributed by atoms with Crippen molar-refractivity contribution in [3.8, 4) is 0 Å². The van der Waals surface area contributed by atoms with Crippen molar-refractivity contribution in [1.82, 2.24) is 10.0 Å². The lowest BCUT2D eigenvalue weighted by Crippen LogP contribution is -2.31. The number of amides is 1. The number of furan rings is 1. The minimum Gasteiger partial charge on any atom is -0.468 e. The normalized spacial score (nSPS) is 12.2. The van der Waals surface area contributed by atoms with Crippen molar-refractivity contribution < 1.29 is 27.2 Å². The van der Waals surface area contributed by atoms with E-state index in [4.69, 9.17) is 9.15 Å². The predicted octanol–water partition coefficient (Wildman–Crippen LogP) is 3.35. The second-order valence-corrected chi connectivity index (χ2v) is 9.16. The molecule has 0 radical (unpaired) electrons. The van der Waals surface area contributed by atoms with Crippen LogP contribution in [0, 0.1) is 0 Å². The monoisotopic (exact) mass is 470 g/mol. The van der Waals surface area contributed by atoms with E-state index >= 15 is 0 Å². The molecule has 0 aliphatic carbocycles. The molecule has 1 heterocycles. The fraction of sp³-hybridized carbons (Fsp3) is 0.250. The minimum absolute atomic E-state index is 0.0203. The third-order valence-corrected chi connectivity index (χ3v) is 6.40. The van der Waals surface area contributed by atoms with Gasteiger partial charge in [-0.15, -0.1) is 0 Å². The molecule has 8 nitrogen and oxygen atoms in total. The van der Waals surface area contributed by atoms with Crippen LogP contribution in [0.25, 0.3) is 0 Å². The van der Waals surface area contributed by atoms with Crippen LogP contribution in [0.5, 0.6) is 0 Å². The molecule has 1 unspecified atom stereocenters. The highest BCUT2D eigenvalue weighted by atomic mass is 32.2. The van der Waals surface area contributed by atoms with E-state index in [-0.39, 0.29) is 23.0 Å². The Hall–Kier alpha value is -3.43. The minimum atomic E-state index is -3.87. The molecule has 0 fully saturated rings. The number of esters is 1. The van der Waals surface area contributed by atoms with Crippen molar-refractivity contribution in [2.75, 3.05) is 6.61 Å². The van der Waals surface area contributed by atoms with Crippen LogP contribution in [0.4, 0.5) is 0 Å². The summed E-state index contributed by atoms with van der Waals surface area (Å²) in [6, 6.07) is 16.3. The summed E-state index contributed by atoms with van der Waals surface area (Å²) in [7, 11) is -3.87. The van der Waals surface area contributed by atoms with Crippen LogP contribution >= 0.6 is 0 Å². The van der Waals surface area contributed by atoms with Gasteiger partial charge in [-0.25, -0.2) is 17.9 Å². The number of benzene rings is 2. The van der Waals surface area contributed by atoms with Crippen molar-refractivity contribution in [1.29, 1.82) is 0 Å². The number of carbonyl (C=O) groups excluding carboxylic acids is 2. The molecular formula is C24H26N2O6S. The largest absolute Gasteiger partial charge is 0.468 e. The van der Waals surface area contributed by atoms with Crippen LogP contribution in [0.3, 0.4) is 0 Å². The summed E-state index contributed by atoms with van der Waals surface area (Å²) in [5.74, 6) is -0.803. The number of carbonyl (C=O) groups is 2. The zero-order valence-corrected chi connectivity index (χ0v) is 19.2. The molecular weight excluding hydrogens is 444 g/mol. The van der Waals surface area contributed by atoms with Crippen LogP contribution in [-0.2, 0) is 32.5 Å². The summed E-state index contributed by atoms with van der Waals surface area (Å²) in [6.45, 7) is 3.40. The van der Waals surface area contributed by atoms with Gasteiger partial charge in [-0.3, -0.25) is 4.79 Å². The Bertz CT molecular complexity index is 1190. The maximum absolute atomic E-state index is 12.5. The third-order valence-electron chi connectivity index (χ3n) is 5.00. The first-order valence-electron chi connectivity index (χ1n) is 10.5. The highest BCUT2D eigenvalue weighted by Crippen LogP contribution is 2.15. The first kappa shape index (κ1) is 24.2. The SMILES string of the molecule is CCc1ccc(C(C)NC(=O)COC(=O)c2cccc(S(=O)(=O)NCc3ccco3)c2)cc1. The van der Waals surface area contributed by atoms with Gasteiger partial charge in [0.05, 0.1) is 29.3 Å². The molecule has 33 heavy (non-hydrogen) atoms. The number of hydrogen-bond donors (Lipinski definition) is 2. The average Bonchev–Trinajstić information content (AvgIpc) is 3.35. The quantitative estimate of drug-likeness (QED) is 0.439. The zero-order valence-electron chi connectivity index (χ0n) is 18.4. The third kappa shape index (κ3) is 6.77. The van der Waals surface area contributed by atoms with Gasteiger partial charge in [-0.1, -0.05) is 37.3 Å². The second kappa shape index (κ2) is 10.9. The van der Waals surface area contributed by atoms with Gasteiger partial charge in [0.2, 0.25) is 10.0 Å². The van der Waals surface area contributed by atoms with Crippen molar-refractivity contribution in [3.05, 3.63) is 89.4 Å². The number of ether oxygens (including phenoxy) is 1. The summed E-state index contributed by atoms with van der Waals surface area (Å²) >= 11 is 0. The summed E-state index contributed by atoms with van der Waals surface area (Å²) in [5.41, 5.74) is 2.16. The highest BCUT2D eigenvalue weighted by Gasteiger charge is 2.18. The number of nitrogens with one attached hydrogen (secondary N) is 2. The van der Waals surface area contributed by atoms with E-state index in [1.54, 1.807) is 12.1 Å². The molecule has 3 aromatic rings. The van der Waals surface area contributed by atoms with Crippen LogP contribution in [0.15, 0.2) is 76.2 Å². The van der Waals surface area contributed by atoms with Gasteiger partial charge < -0.3 is 14.5 Å². The van der Waals surface area contributed by atoms with E-state index in [0.29, 0.717) is 5.76 Å².